The highest BCUT2D eigenvalue weighted by molar-refractivity contribution is 14.2. The van der Waals surface area contributed by atoms with E-state index < -0.39 is 0 Å². The summed E-state index contributed by atoms with van der Waals surface area (Å²) in [5.41, 5.74) is 0. The molecule has 1 aliphatic heterocycles. The van der Waals surface area contributed by atoms with Crippen LogP contribution in [0.25, 0.3) is 0 Å². The van der Waals surface area contributed by atoms with Gasteiger partial charge >= 0.3 is 0 Å². The van der Waals surface area contributed by atoms with Gasteiger partial charge in [0.25, 0.3) is 0 Å². The zero-order chi connectivity index (χ0) is 6.69. The molecule has 0 aliphatic carbocycles. The van der Waals surface area contributed by atoms with Gasteiger partial charge in [0.2, 0.25) is 0 Å². The average Bonchev–Trinajstić information content (AvgIpc) is 2.33. The Labute approximate surface area is 71.1 Å². The normalized spacial score (nSPS) is 28.8. The second-order valence-electron chi connectivity index (χ2n) is 2.06. The lowest BCUT2D eigenvalue weighted by atomic mass is 10.2. The van der Waals surface area contributed by atoms with Gasteiger partial charge in [0.1, 0.15) is 6.29 Å². The van der Waals surface area contributed by atoms with Crippen molar-refractivity contribution in [2.24, 2.45) is 0 Å². The first-order chi connectivity index (χ1) is 4.38. The maximum Gasteiger partial charge on any atom is 0.138 e. The number of hydrogen-bond acceptors (Lipinski definition) is 3. The minimum Gasteiger partial charge on any atom is -0.302 e. The van der Waals surface area contributed by atoms with E-state index in [2.05, 4.69) is 25.5 Å². The van der Waals surface area contributed by atoms with Crippen molar-refractivity contribution < 1.29 is 4.79 Å². The Balaban J connectivity index is 2.41. The standard InChI is InChI=1S/C5H8INOS/c6-9-7-3-1-2-5(7)4-8/h4-5H,1-3H2. The van der Waals surface area contributed by atoms with Crippen LogP contribution >= 0.6 is 30.3 Å². The smallest absolute Gasteiger partial charge is 0.138 e. The average molecular weight is 257 g/mol. The maximum absolute atomic E-state index is 10.3. The molecule has 1 rings (SSSR count). The Morgan fingerprint density at radius 2 is 2.56 bits per heavy atom. The molecule has 0 aromatic rings. The van der Waals surface area contributed by atoms with Crippen LogP contribution in [0.2, 0.25) is 0 Å². The fourth-order valence-corrected chi connectivity index (χ4v) is 2.91. The molecule has 1 heterocycles. The number of carbonyl (C=O) groups is 1. The van der Waals surface area contributed by atoms with Crippen molar-refractivity contribution in [3.05, 3.63) is 0 Å². The van der Waals surface area contributed by atoms with Crippen LogP contribution in [-0.2, 0) is 4.79 Å². The van der Waals surface area contributed by atoms with E-state index in [1.807, 2.05) is 0 Å². The summed E-state index contributed by atoms with van der Waals surface area (Å²) >= 11 is 2.21. The maximum atomic E-state index is 10.3. The van der Waals surface area contributed by atoms with Crippen molar-refractivity contribution in [3.63, 3.8) is 0 Å². The van der Waals surface area contributed by atoms with Crippen LogP contribution in [-0.4, -0.2) is 23.2 Å². The molecule has 52 valence electrons. The second kappa shape index (κ2) is 3.78. The molecule has 1 saturated heterocycles. The first kappa shape index (κ1) is 7.81. The van der Waals surface area contributed by atoms with Crippen molar-refractivity contribution in [3.8, 4) is 0 Å². The summed E-state index contributed by atoms with van der Waals surface area (Å²) in [7, 11) is 1.64. The number of carbonyl (C=O) groups excluding carboxylic acids is 1. The molecular formula is C5H8INOS. The molecule has 4 heteroatoms. The monoisotopic (exact) mass is 257 g/mol. The summed E-state index contributed by atoms with van der Waals surface area (Å²) in [6.07, 6.45) is 3.25. The van der Waals surface area contributed by atoms with Gasteiger partial charge < -0.3 is 4.79 Å². The summed E-state index contributed by atoms with van der Waals surface area (Å²) in [6, 6.07) is 0.187. The van der Waals surface area contributed by atoms with Crippen molar-refractivity contribution in [1.82, 2.24) is 4.31 Å². The number of rotatable bonds is 2. The zero-order valence-electron chi connectivity index (χ0n) is 4.92. The fraction of sp³-hybridized carbons (Fsp3) is 0.800. The van der Waals surface area contributed by atoms with E-state index in [0.29, 0.717) is 0 Å². The molecule has 2 nitrogen and oxygen atoms in total. The molecule has 1 atom stereocenters. The van der Waals surface area contributed by atoms with Gasteiger partial charge in [0.05, 0.1) is 6.04 Å². The van der Waals surface area contributed by atoms with Gasteiger partial charge in [0, 0.05) is 27.8 Å². The topological polar surface area (TPSA) is 20.3 Å². The Kier molecular flexibility index (Phi) is 3.28. The van der Waals surface area contributed by atoms with Crippen LogP contribution in [0.4, 0.5) is 0 Å². The Hall–Kier alpha value is 0.710. The lowest BCUT2D eigenvalue weighted by molar-refractivity contribution is -0.110. The second-order valence-corrected chi connectivity index (χ2v) is 3.84. The van der Waals surface area contributed by atoms with Crippen LogP contribution in [0.15, 0.2) is 0 Å². The van der Waals surface area contributed by atoms with Crippen molar-refractivity contribution in [2.75, 3.05) is 6.54 Å². The molecule has 0 N–H and O–H groups in total. The highest BCUT2D eigenvalue weighted by Crippen LogP contribution is 2.28. The van der Waals surface area contributed by atoms with E-state index in [0.717, 1.165) is 19.3 Å². The molecule has 0 aromatic carbocycles. The quantitative estimate of drug-likeness (QED) is 0.426. The summed E-state index contributed by atoms with van der Waals surface area (Å²) in [5, 5.41) is 0. The number of halogens is 1. The predicted molar refractivity (Wildman–Crippen MR) is 47.4 cm³/mol. The van der Waals surface area contributed by atoms with Gasteiger partial charge in [0.15, 0.2) is 0 Å². The predicted octanol–water partition coefficient (Wildman–Crippen LogP) is 1.65. The molecule has 1 aliphatic rings. The minimum atomic E-state index is 0.187. The van der Waals surface area contributed by atoms with Crippen LogP contribution in [0.3, 0.4) is 0 Å². The van der Waals surface area contributed by atoms with E-state index >= 15 is 0 Å². The highest BCUT2D eigenvalue weighted by Gasteiger charge is 2.23. The largest absolute Gasteiger partial charge is 0.302 e. The van der Waals surface area contributed by atoms with Gasteiger partial charge in [-0.25, -0.2) is 4.31 Å². The number of nitrogens with zero attached hydrogens (tertiary/aromatic N) is 1. The number of hydrogen-bond donors (Lipinski definition) is 0. The minimum absolute atomic E-state index is 0.187. The van der Waals surface area contributed by atoms with Crippen molar-refractivity contribution >= 4 is 36.6 Å². The molecule has 9 heavy (non-hydrogen) atoms. The summed E-state index contributed by atoms with van der Waals surface area (Å²) in [6.45, 7) is 1.07. The summed E-state index contributed by atoms with van der Waals surface area (Å²) < 4.78 is 2.12. The van der Waals surface area contributed by atoms with Crippen molar-refractivity contribution in [2.45, 2.75) is 18.9 Å². The van der Waals surface area contributed by atoms with Gasteiger partial charge in [-0.2, -0.15) is 0 Å². The Morgan fingerprint density at radius 1 is 1.78 bits per heavy atom. The van der Waals surface area contributed by atoms with Crippen LogP contribution in [0.1, 0.15) is 12.8 Å². The molecule has 0 saturated carbocycles. The van der Waals surface area contributed by atoms with E-state index in [1.165, 1.54) is 6.42 Å². The molecule has 0 radical (unpaired) electrons. The fourth-order valence-electron chi connectivity index (χ4n) is 0.988. The van der Waals surface area contributed by atoms with Crippen LogP contribution in [0.5, 0.6) is 0 Å². The van der Waals surface area contributed by atoms with Gasteiger partial charge in [-0.1, -0.05) is 0 Å². The lowest BCUT2D eigenvalue weighted by Crippen LogP contribution is -2.21. The third-order valence-electron chi connectivity index (χ3n) is 1.49. The van der Waals surface area contributed by atoms with Crippen molar-refractivity contribution in [1.29, 1.82) is 0 Å². The first-order valence-electron chi connectivity index (χ1n) is 2.89. The lowest BCUT2D eigenvalue weighted by Gasteiger charge is -2.13. The Bertz CT molecular complexity index is 111. The van der Waals surface area contributed by atoms with E-state index in [9.17, 15) is 4.79 Å². The molecule has 0 spiro atoms. The third-order valence-corrected chi connectivity index (χ3v) is 3.64. The van der Waals surface area contributed by atoms with Gasteiger partial charge in [-0.3, -0.25) is 0 Å². The summed E-state index contributed by atoms with van der Waals surface area (Å²) in [4.78, 5) is 10.3. The van der Waals surface area contributed by atoms with E-state index in [-0.39, 0.29) is 6.04 Å². The van der Waals surface area contributed by atoms with Crippen LogP contribution < -0.4 is 0 Å². The van der Waals surface area contributed by atoms with E-state index in [4.69, 9.17) is 0 Å². The van der Waals surface area contributed by atoms with Gasteiger partial charge in [-0.05, 0) is 22.0 Å². The SMILES string of the molecule is O=CC1CCCN1SI. The molecule has 0 aromatic heterocycles. The molecular weight excluding hydrogens is 249 g/mol. The Morgan fingerprint density at radius 3 is 3.00 bits per heavy atom. The van der Waals surface area contributed by atoms with Gasteiger partial charge in [-0.15, -0.1) is 0 Å². The third kappa shape index (κ3) is 1.81. The highest BCUT2D eigenvalue weighted by atomic mass is 127. The summed E-state index contributed by atoms with van der Waals surface area (Å²) in [5.74, 6) is 0. The van der Waals surface area contributed by atoms with Crippen LogP contribution in [0, 0.1) is 0 Å². The molecule has 0 amide bonds. The molecule has 0 bridgehead atoms. The van der Waals surface area contributed by atoms with E-state index in [1.54, 1.807) is 9.12 Å². The number of aldehydes is 1. The zero-order valence-corrected chi connectivity index (χ0v) is 7.89. The first-order valence-corrected chi connectivity index (χ1v) is 6.20. The molecule has 1 fully saturated rings. The molecule has 1 unspecified atom stereocenters.